The van der Waals surface area contributed by atoms with E-state index in [1.54, 1.807) is 20.4 Å². The second kappa shape index (κ2) is 9.88. The standard InChI is InChI=1S/C16H23N3O3.C2HF3O2/c1-17-15(20)7-13-6-12-9-19(10-14(12)22-13)8-11-4-3-5-18-16(11)21-2;3-2(4,5)1(6)7/h3-5,12-14H,6-10H2,1-2H3,(H,17,20);(H,6,7)/t12-,13+,14+;/m0./s1. The number of hydrogen-bond acceptors (Lipinski definition) is 6. The number of carbonyl (C=O) groups is 2. The van der Waals surface area contributed by atoms with Crippen LogP contribution in [0.4, 0.5) is 13.2 Å². The Balaban J connectivity index is 0.000000370. The number of nitrogens with one attached hydrogen (secondary N) is 1. The molecule has 0 unspecified atom stereocenters. The highest BCUT2D eigenvalue weighted by Gasteiger charge is 2.42. The van der Waals surface area contributed by atoms with Crippen LogP contribution in [-0.2, 0) is 20.9 Å². The number of likely N-dealkylation sites (tertiary alicyclic amines) is 1. The fourth-order valence-corrected chi connectivity index (χ4v) is 3.49. The fraction of sp³-hybridized carbons (Fsp3) is 0.611. The van der Waals surface area contributed by atoms with E-state index in [-0.39, 0.29) is 18.1 Å². The average Bonchev–Trinajstić information content (AvgIpc) is 3.19. The summed E-state index contributed by atoms with van der Waals surface area (Å²) in [5.41, 5.74) is 1.10. The molecule has 162 valence electrons. The van der Waals surface area contributed by atoms with E-state index in [1.807, 2.05) is 6.07 Å². The van der Waals surface area contributed by atoms with Crippen LogP contribution in [0.5, 0.6) is 5.88 Å². The van der Waals surface area contributed by atoms with Crippen LogP contribution in [0.3, 0.4) is 0 Å². The molecule has 11 heteroatoms. The summed E-state index contributed by atoms with van der Waals surface area (Å²) in [7, 11) is 3.32. The Bertz CT molecular complexity index is 702. The number of carboxylic acid groups (broad SMARTS) is 1. The second-order valence-electron chi connectivity index (χ2n) is 6.84. The largest absolute Gasteiger partial charge is 0.490 e. The molecule has 2 aliphatic heterocycles. The predicted octanol–water partition coefficient (Wildman–Crippen LogP) is 1.45. The minimum Gasteiger partial charge on any atom is -0.481 e. The molecule has 2 N–H and O–H groups in total. The van der Waals surface area contributed by atoms with Crippen LogP contribution in [-0.4, -0.2) is 72.5 Å². The number of carboxylic acids is 1. The maximum atomic E-state index is 11.4. The molecule has 3 rings (SSSR count). The molecule has 0 aromatic carbocycles. The summed E-state index contributed by atoms with van der Waals surface area (Å²) < 4.78 is 43.1. The lowest BCUT2D eigenvalue weighted by molar-refractivity contribution is -0.192. The van der Waals surface area contributed by atoms with E-state index in [9.17, 15) is 18.0 Å². The number of rotatable bonds is 5. The summed E-state index contributed by atoms with van der Waals surface area (Å²) in [4.78, 5) is 27.0. The number of nitrogens with zero attached hydrogens (tertiary/aromatic N) is 2. The Morgan fingerprint density at radius 3 is 2.66 bits per heavy atom. The van der Waals surface area contributed by atoms with E-state index >= 15 is 0 Å². The van der Waals surface area contributed by atoms with Crippen molar-refractivity contribution < 1.29 is 37.3 Å². The summed E-state index contributed by atoms with van der Waals surface area (Å²) in [6.45, 7) is 2.74. The normalized spacial score (nSPS) is 23.7. The first-order valence-electron chi connectivity index (χ1n) is 9.00. The first-order valence-corrected chi connectivity index (χ1v) is 9.00. The number of ether oxygens (including phenoxy) is 2. The van der Waals surface area contributed by atoms with Gasteiger partial charge in [-0.05, 0) is 12.5 Å². The maximum absolute atomic E-state index is 11.4. The van der Waals surface area contributed by atoms with E-state index in [4.69, 9.17) is 19.4 Å². The minimum atomic E-state index is -5.08. The highest BCUT2D eigenvalue weighted by Crippen LogP contribution is 2.35. The van der Waals surface area contributed by atoms with Crippen molar-refractivity contribution in [3.8, 4) is 5.88 Å². The van der Waals surface area contributed by atoms with Gasteiger partial charge in [0.25, 0.3) is 0 Å². The highest BCUT2D eigenvalue weighted by atomic mass is 19.4. The van der Waals surface area contributed by atoms with E-state index in [1.165, 1.54) is 0 Å². The molecule has 8 nitrogen and oxygen atoms in total. The van der Waals surface area contributed by atoms with Crippen LogP contribution in [0.1, 0.15) is 18.4 Å². The molecule has 0 radical (unpaired) electrons. The Kier molecular flexibility index (Phi) is 7.80. The van der Waals surface area contributed by atoms with Gasteiger partial charge < -0.3 is 19.9 Å². The Morgan fingerprint density at radius 1 is 1.41 bits per heavy atom. The third-order valence-corrected chi connectivity index (χ3v) is 4.76. The predicted molar refractivity (Wildman–Crippen MR) is 95.2 cm³/mol. The lowest BCUT2D eigenvalue weighted by Gasteiger charge is -2.19. The van der Waals surface area contributed by atoms with Crippen molar-refractivity contribution in [3.05, 3.63) is 23.9 Å². The summed E-state index contributed by atoms with van der Waals surface area (Å²) >= 11 is 0. The van der Waals surface area contributed by atoms with Gasteiger partial charge in [0, 0.05) is 44.4 Å². The van der Waals surface area contributed by atoms with Crippen LogP contribution in [0.25, 0.3) is 0 Å². The van der Waals surface area contributed by atoms with Gasteiger partial charge in [0.15, 0.2) is 0 Å². The molecule has 29 heavy (non-hydrogen) atoms. The molecule has 1 amide bonds. The van der Waals surface area contributed by atoms with E-state index in [0.717, 1.165) is 31.6 Å². The van der Waals surface area contributed by atoms with Crippen LogP contribution in [0.2, 0.25) is 0 Å². The fourth-order valence-electron chi connectivity index (χ4n) is 3.49. The van der Waals surface area contributed by atoms with E-state index < -0.39 is 12.1 Å². The summed E-state index contributed by atoms with van der Waals surface area (Å²) in [5.74, 6) is -1.48. The molecule has 0 spiro atoms. The Morgan fingerprint density at radius 2 is 2.10 bits per heavy atom. The van der Waals surface area contributed by atoms with Crippen molar-refractivity contribution in [2.75, 3.05) is 27.2 Å². The van der Waals surface area contributed by atoms with Crippen LogP contribution in [0, 0.1) is 5.92 Å². The second-order valence-corrected chi connectivity index (χ2v) is 6.84. The van der Waals surface area contributed by atoms with Crippen molar-refractivity contribution in [1.82, 2.24) is 15.2 Å². The number of aliphatic carboxylic acids is 1. The molecule has 3 heterocycles. The number of pyridine rings is 1. The van der Waals surface area contributed by atoms with Gasteiger partial charge in [0.05, 0.1) is 25.7 Å². The zero-order chi connectivity index (χ0) is 21.6. The molecule has 0 saturated carbocycles. The first kappa shape index (κ1) is 22.9. The summed E-state index contributed by atoms with van der Waals surface area (Å²) in [6, 6.07) is 3.99. The van der Waals surface area contributed by atoms with Gasteiger partial charge >= 0.3 is 12.1 Å². The van der Waals surface area contributed by atoms with Gasteiger partial charge in [0.1, 0.15) is 0 Å². The van der Waals surface area contributed by atoms with Crippen molar-refractivity contribution >= 4 is 11.9 Å². The molecular weight excluding hydrogens is 395 g/mol. The van der Waals surface area contributed by atoms with Gasteiger partial charge in [-0.15, -0.1) is 0 Å². The van der Waals surface area contributed by atoms with Gasteiger partial charge in [-0.25, -0.2) is 9.78 Å². The Labute approximate surface area is 166 Å². The van der Waals surface area contributed by atoms with Crippen LogP contribution < -0.4 is 10.1 Å². The number of aromatic nitrogens is 1. The molecular formula is C18H24F3N3O5. The van der Waals surface area contributed by atoms with Gasteiger partial charge in [-0.3, -0.25) is 9.69 Å². The molecule has 0 aliphatic carbocycles. The molecule has 1 aromatic rings. The minimum absolute atomic E-state index is 0.0573. The number of carbonyl (C=O) groups excluding carboxylic acids is 1. The molecule has 2 fully saturated rings. The molecule has 2 saturated heterocycles. The van der Waals surface area contributed by atoms with Crippen LogP contribution in [0.15, 0.2) is 18.3 Å². The number of fused-ring (bicyclic) bond motifs is 1. The van der Waals surface area contributed by atoms with E-state index in [0.29, 0.717) is 18.2 Å². The molecule has 2 aliphatic rings. The van der Waals surface area contributed by atoms with Crippen molar-refractivity contribution in [1.29, 1.82) is 0 Å². The molecule has 1 aromatic heterocycles. The zero-order valence-electron chi connectivity index (χ0n) is 16.1. The van der Waals surface area contributed by atoms with Crippen LogP contribution >= 0.6 is 0 Å². The third-order valence-electron chi connectivity index (χ3n) is 4.76. The maximum Gasteiger partial charge on any atom is 0.490 e. The summed E-state index contributed by atoms with van der Waals surface area (Å²) in [5, 5.41) is 9.79. The smallest absolute Gasteiger partial charge is 0.481 e. The third kappa shape index (κ3) is 6.57. The lowest BCUT2D eigenvalue weighted by Crippen LogP contribution is -2.28. The highest BCUT2D eigenvalue weighted by molar-refractivity contribution is 5.76. The number of methoxy groups -OCH3 is 1. The van der Waals surface area contributed by atoms with Crippen molar-refractivity contribution in [2.45, 2.75) is 37.8 Å². The molecule has 3 atom stereocenters. The number of halogens is 3. The average molecular weight is 419 g/mol. The number of alkyl halides is 3. The van der Waals surface area contributed by atoms with Crippen molar-refractivity contribution in [2.24, 2.45) is 5.92 Å². The van der Waals surface area contributed by atoms with Gasteiger partial charge in [0.2, 0.25) is 11.8 Å². The summed E-state index contributed by atoms with van der Waals surface area (Å²) in [6.07, 6.45) is -1.57. The first-order chi connectivity index (χ1) is 13.6. The number of hydrogen-bond donors (Lipinski definition) is 2. The SMILES string of the molecule is CNC(=O)C[C@H]1C[C@H]2CN(Cc3cccnc3OC)C[C@H]2O1.O=C(O)C(F)(F)F. The monoisotopic (exact) mass is 419 g/mol. The van der Waals surface area contributed by atoms with Crippen molar-refractivity contribution in [3.63, 3.8) is 0 Å². The van der Waals surface area contributed by atoms with E-state index in [2.05, 4.69) is 21.3 Å². The van der Waals surface area contributed by atoms with Gasteiger partial charge in [-0.1, -0.05) is 6.07 Å². The molecule has 0 bridgehead atoms. The number of amides is 1. The zero-order valence-corrected chi connectivity index (χ0v) is 16.1. The quantitative estimate of drug-likeness (QED) is 0.745. The topological polar surface area (TPSA) is 101 Å². The lowest BCUT2D eigenvalue weighted by atomic mass is 10.0. The Hall–Kier alpha value is -2.40. The van der Waals surface area contributed by atoms with Gasteiger partial charge in [-0.2, -0.15) is 13.2 Å².